The molecule has 0 aromatic heterocycles. The van der Waals surface area contributed by atoms with Crippen LogP contribution in [0.15, 0.2) is 36.4 Å². The molecule has 2 heterocycles. The van der Waals surface area contributed by atoms with E-state index in [1.807, 2.05) is 24.3 Å². The smallest absolute Gasteiger partial charge is 0.141 e. The summed E-state index contributed by atoms with van der Waals surface area (Å²) in [7, 11) is 0. The van der Waals surface area contributed by atoms with Crippen LogP contribution in [0.2, 0.25) is 0 Å². The predicted octanol–water partition coefficient (Wildman–Crippen LogP) is 6.18. The van der Waals surface area contributed by atoms with Gasteiger partial charge in [-0.2, -0.15) is 10.5 Å². The van der Waals surface area contributed by atoms with Crippen LogP contribution < -0.4 is 0 Å². The lowest BCUT2D eigenvalue weighted by Gasteiger charge is -2.32. The molecule has 0 bridgehead atoms. The molecule has 6 heteroatoms. The summed E-state index contributed by atoms with van der Waals surface area (Å²) in [5.74, 6) is -0.0967. The maximum Gasteiger partial charge on any atom is 0.141 e. The Morgan fingerprint density at radius 1 is 0.743 bits per heavy atom. The highest BCUT2D eigenvalue weighted by Crippen LogP contribution is 2.32. The highest BCUT2D eigenvalue weighted by Gasteiger charge is 2.24. The molecule has 0 atom stereocenters. The summed E-state index contributed by atoms with van der Waals surface area (Å²) in [4.78, 5) is 4.84. The molecular weight excluding hydrogens is 442 g/mol. The number of rotatable bonds is 5. The van der Waals surface area contributed by atoms with Gasteiger partial charge in [0, 0.05) is 0 Å². The van der Waals surface area contributed by atoms with Crippen molar-refractivity contribution in [1.82, 2.24) is 9.80 Å². The summed E-state index contributed by atoms with van der Waals surface area (Å²) in [6.07, 6.45) is 5.27. The fraction of sp³-hybridized carbons (Fsp3) is 0.517. The van der Waals surface area contributed by atoms with E-state index in [1.54, 1.807) is 12.1 Å². The Balaban J connectivity index is 0.000000196. The van der Waals surface area contributed by atoms with Crippen molar-refractivity contribution in [1.29, 1.82) is 10.5 Å². The molecule has 0 saturated carbocycles. The van der Waals surface area contributed by atoms with Gasteiger partial charge in [-0.15, -0.1) is 0 Å². The lowest BCUT2D eigenvalue weighted by atomic mass is 9.86. The molecule has 4 rings (SSSR count). The summed E-state index contributed by atoms with van der Waals surface area (Å²) in [6, 6.07) is 14.0. The average molecular weight is 479 g/mol. The third-order valence-corrected chi connectivity index (χ3v) is 7.36. The van der Waals surface area contributed by atoms with E-state index in [1.165, 1.54) is 18.6 Å². The van der Waals surface area contributed by atoms with Crippen molar-refractivity contribution in [3.63, 3.8) is 0 Å². The van der Waals surface area contributed by atoms with E-state index in [9.17, 15) is 8.78 Å². The van der Waals surface area contributed by atoms with Crippen LogP contribution in [-0.2, 0) is 0 Å². The Hall–Kier alpha value is -2.80. The number of halogens is 2. The number of likely N-dealkylation sites (tertiary alicyclic amines) is 2. The van der Waals surface area contributed by atoms with E-state index in [4.69, 9.17) is 10.5 Å². The maximum absolute atomic E-state index is 13.6. The van der Waals surface area contributed by atoms with Crippen LogP contribution in [-0.4, -0.2) is 49.1 Å². The van der Waals surface area contributed by atoms with Crippen LogP contribution in [0.4, 0.5) is 8.78 Å². The van der Waals surface area contributed by atoms with Crippen molar-refractivity contribution in [2.75, 3.05) is 39.3 Å². The van der Waals surface area contributed by atoms with Crippen molar-refractivity contribution in [2.24, 2.45) is 0 Å². The molecule has 2 aliphatic rings. The molecule has 186 valence electrons. The minimum absolute atomic E-state index is 0.238. The zero-order valence-electron chi connectivity index (χ0n) is 20.9. The highest BCUT2D eigenvalue weighted by atomic mass is 19.1. The quantitative estimate of drug-likeness (QED) is 0.515. The number of hydrogen-bond acceptors (Lipinski definition) is 4. The minimum atomic E-state index is -0.386. The van der Waals surface area contributed by atoms with Gasteiger partial charge in [-0.1, -0.05) is 38.1 Å². The number of hydrogen-bond donors (Lipinski definition) is 0. The standard InChI is InChI=1S/C15H19FN2.C14H17FN2/c1-2-8-18-9-6-12(7-10-18)13-4-3-5-15(16)14(13)11-17;1-2-17-8-6-11(7-9-17)12-4-3-5-14(15)13(12)10-16/h3-5,12H,2,6-10H2,1H3;3-5,11H,2,6-9H2,1H3. The monoisotopic (exact) mass is 478 g/mol. The molecule has 0 unspecified atom stereocenters. The van der Waals surface area contributed by atoms with Gasteiger partial charge in [0.2, 0.25) is 0 Å². The van der Waals surface area contributed by atoms with Crippen LogP contribution >= 0.6 is 0 Å². The van der Waals surface area contributed by atoms with Gasteiger partial charge in [0.05, 0.1) is 11.1 Å². The van der Waals surface area contributed by atoms with Crippen molar-refractivity contribution in [2.45, 2.75) is 57.8 Å². The Morgan fingerprint density at radius 3 is 1.54 bits per heavy atom. The molecule has 0 radical (unpaired) electrons. The normalized spacial score (nSPS) is 17.8. The van der Waals surface area contributed by atoms with Gasteiger partial charge < -0.3 is 9.80 Å². The van der Waals surface area contributed by atoms with Crippen LogP contribution in [0, 0.1) is 34.3 Å². The van der Waals surface area contributed by atoms with Crippen molar-refractivity contribution in [3.8, 4) is 12.1 Å². The molecule has 2 aromatic carbocycles. The summed E-state index contributed by atoms with van der Waals surface area (Å²) in [5, 5.41) is 18.1. The zero-order chi connectivity index (χ0) is 25.2. The molecule has 2 fully saturated rings. The largest absolute Gasteiger partial charge is 0.304 e. The molecule has 2 aromatic rings. The van der Waals surface area contributed by atoms with E-state index < -0.39 is 0 Å². The molecule has 0 N–H and O–H groups in total. The van der Waals surface area contributed by atoms with Gasteiger partial charge in [0.15, 0.2) is 0 Å². The Morgan fingerprint density at radius 2 is 1.17 bits per heavy atom. The number of nitriles is 2. The first-order chi connectivity index (χ1) is 17.0. The first kappa shape index (κ1) is 26.8. The second-order valence-electron chi connectivity index (χ2n) is 9.46. The first-order valence-corrected chi connectivity index (χ1v) is 12.8. The van der Waals surface area contributed by atoms with E-state index in [0.717, 1.165) is 76.1 Å². The van der Waals surface area contributed by atoms with E-state index >= 15 is 0 Å². The topological polar surface area (TPSA) is 54.1 Å². The minimum Gasteiger partial charge on any atom is -0.304 e. The number of nitrogens with zero attached hydrogens (tertiary/aromatic N) is 4. The van der Waals surface area contributed by atoms with Crippen LogP contribution in [0.25, 0.3) is 0 Å². The second kappa shape index (κ2) is 13.3. The van der Waals surface area contributed by atoms with Crippen LogP contribution in [0.1, 0.15) is 80.0 Å². The maximum atomic E-state index is 13.6. The lowest BCUT2D eigenvalue weighted by molar-refractivity contribution is 0.212. The van der Waals surface area contributed by atoms with Gasteiger partial charge in [-0.05, 0) is 106 Å². The highest BCUT2D eigenvalue weighted by molar-refractivity contribution is 5.42. The van der Waals surface area contributed by atoms with Crippen molar-refractivity contribution in [3.05, 3.63) is 70.3 Å². The van der Waals surface area contributed by atoms with Crippen molar-refractivity contribution >= 4 is 0 Å². The molecule has 4 nitrogen and oxygen atoms in total. The zero-order valence-corrected chi connectivity index (χ0v) is 20.9. The first-order valence-electron chi connectivity index (χ1n) is 12.8. The number of piperidine rings is 2. The van der Waals surface area contributed by atoms with Gasteiger partial charge in [-0.3, -0.25) is 0 Å². The fourth-order valence-corrected chi connectivity index (χ4v) is 5.34. The number of benzene rings is 2. The van der Waals surface area contributed by atoms with Gasteiger partial charge in [0.25, 0.3) is 0 Å². The molecule has 0 spiro atoms. The molecule has 0 amide bonds. The third kappa shape index (κ3) is 6.88. The fourth-order valence-electron chi connectivity index (χ4n) is 5.34. The average Bonchev–Trinajstić information content (AvgIpc) is 2.89. The molecule has 0 aliphatic carbocycles. The van der Waals surface area contributed by atoms with Crippen LogP contribution in [0.3, 0.4) is 0 Å². The summed E-state index contributed by atoms with van der Waals surface area (Å²) in [5.41, 5.74) is 2.27. The summed E-state index contributed by atoms with van der Waals surface area (Å²) in [6.45, 7) is 10.8. The van der Waals surface area contributed by atoms with Gasteiger partial charge in [-0.25, -0.2) is 8.78 Å². The predicted molar refractivity (Wildman–Crippen MR) is 135 cm³/mol. The van der Waals surface area contributed by atoms with E-state index in [2.05, 4.69) is 23.6 Å². The summed E-state index contributed by atoms with van der Waals surface area (Å²) >= 11 is 0. The summed E-state index contributed by atoms with van der Waals surface area (Å²) < 4.78 is 27.1. The van der Waals surface area contributed by atoms with E-state index in [0.29, 0.717) is 11.8 Å². The lowest BCUT2D eigenvalue weighted by Crippen LogP contribution is -2.33. The van der Waals surface area contributed by atoms with Gasteiger partial charge >= 0.3 is 0 Å². The van der Waals surface area contributed by atoms with Gasteiger partial charge in [0.1, 0.15) is 23.8 Å². The molecular formula is C29H36F2N4. The molecule has 2 aliphatic heterocycles. The van der Waals surface area contributed by atoms with E-state index in [-0.39, 0.29) is 22.8 Å². The van der Waals surface area contributed by atoms with Crippen molar-refractivity contribution < 1.29 is 8.78 Å². The molecule has 35 heavy (non-hydrogen) atoms. The Kier molecular flexibility index (Phi) is 10.2. The SMILES string of the molecule is CCCN1CCC(c2cccc(F)c2C#N)CC1.CCN1CCC(c2cccc(F)c2C#N)CC1. The third-order valence-electron chi connectivity index (χ3n) is 7.36. The Bertz CT molecular complexity index is 1040. The molecule has 2 saturated heterocycles. The Labute approximate surface area is 208 Å². The second-order valence-corrected chi connectivity index (χ2v) is 9.46. The van der Waals surface area contributed by atoms with Crippen LogP contribution in [0.5, 0.6) is 0 Å².